The van der Waals surface area contributed by atoms with Gasteiger partial charge in [0.05, 0.1) is 0 Å². The summed E-state index contributed by atoms with van der Waals surface area (Å²) in [5, 5.41) is -0.231. The summed E-state index contributed by atoms with van der Waals surface area (Å²) in [6, 6.07) is 10.4. The molecule has 4 heteroatoms. The van der Waals surface area contributed by atoms with E-state index < -0.39 is 11.6 Å². The second-order valence-corrected chi connectivity index (χ2v) is 3.49. The van der Waals surface area contributed by atoms with Crippen LogP contribution in [0.1, 0.15) is 0 Å². The molecule has 2 rings (SSSR count). The van der Waals surface area contributed by atoms with Crippen LogP contribution in [0.4, 0.5) is 8.78 Å². The fourth-order valence-electron chi connectivity index (χ4n) is 1.22. The lowest BCUT2D eigenvalue weighted by Gasteiger charge is -2.07. The van der Waals surface area contributed by atoms with Gasteiger partial charge in [-0.25, -0.2) is 8.78 Å². The van der Waals surface area contributed by atoms with E-state index in [0.29, 0.717) is 11.8 Å². The molecular weight excluding hydrogens is 234 g/mol. The van der Waals surface area contributed by atoms with E-state index in [0.717, 1.165) is 6.07 Å². The first-order valence-electron chi connectivity index (χ1n) is 4.54. The molecule has 0 bridgehead atoms. The molecule has 0 amide bonds. The maximum Gasteiger partial charge on any atom is 0.151 e. The minimum absolute atomic E-state index is 0.0367. The largest absolute Gasteiger partial charge is 0.456 e. The molecule has 0 aliphatic rings. The van der Waals surface area contributed by atoms with Gasteiger partial charge in [0.15, 0.2) is 5.75 Å². The lowest BCUT2D eigenvalue weighted by molar-refractivity contribution is 0.468. The topological polar surface area (TPSA) is 9.23 Å². The van der Waals surface area contributed by atoms with Crippen molar-refractivity contribution in [2.24, 2.45) is 0 Å². The van der Waals surface area contributed by atoms with E-state index in [4.69, 9.17) is 16.3 Å². The lowest BCUT2D eigenvalue weighted by Crippen LogP contribution is -1.89. The first-order valence-corrected chi connectivity index (χ1v) is 4.92. The van der Waals surface area contributed by atoms with Crippen molar-refractivity contribution in [3.63, 3.8) is 0 Å². The first kappa shape index (κ1) is 10.9. The van der Waals surface area contributed by atoms with Crippen molar-refractivity contribution >= 4 is 11.6 Å². The van der Waals surface area contributed by atoms with E-state index in [1.165, 1.54) is 0 Å². The van der Waals surface area contributed by atoms with Gasteiger partial charge in [-0.05, 0) is 12.1 Å². The van der Waals surface area contributed by atoms with Crippen molar-refractivity contribution in [3.05, 3.63) is 59.1 Å². The number of benzene rings is 2. The molecule has 0 unspecified atom stereocenters. The van der Waals surface area contributed by atoms with Crippen molar-refractivity contribution in [2.45, 2.75) is 0 Å². The molecule has 0 saturated carbocycles. The summed E-state index contributed by atoms with van der Waals surface area (Å²) in [5.41, 5.74) is 0. The van der Waals surface area contributed by atoms with E-state index in [1.54, 1.807) is 30.3 Å². The molecule has 0 heterocycles. The lowest BCUT2D eigenvalue weighted by atomic mass is 10.3. The fraction of sp³-hybridized carbons (Fsp3) is 0. The van der Waals surface area contributed by atoms with Crippen molar-refractivity contribution < 1.29 is 13.5 Å². The first-order chi connectivity index (χ1) is 7.66. The zero-order valence-corrected chi connectivity index (χ0v) is 8.84. The Labute approximate surface area is 96.2 Å². The Balaban J connectivity index is 2.35. The molecule has 0 aliphatic heterocycles. The standard InChI is InChI=1S/C12H7ClF2O/c13-12-10(15)6-8(14)7-11(12)16-9-4-2-1-3-5-9/h1-7H. The van der Waals surface area contributed by atoms with Crippen LogP contribution in [-0.2, 0) is 0 Å². The van der Waals surface area contributed by atoms with Crippen molar-refractivity contribution in [1.29, 1.82) is 0 Å². The summed E-state index contributed by atoms with van der Waals surface area (Å²) in [5.74, 6) is -1.14. The van der Waals surface area contributed by atoms with Gasteiger partial charge >= 0.3 is 0 Å². The highest BCUT2D eigenvalue weighted by molar-refractivity contribution is 6.32. The normalized spacial score (nSPS) is 10.2. The van der Waals surface area contributed by atoms with Gasteiger partial charge in [-0.15, -0.1) is 0 Å². The Kier molecular flexibility index (Phi) is 3.06. The van der Waals surface area contributed by atoms with E-state index in [1.807, 2.05) is 0 Å². The Bertz CT molecular complexity index is 500. The Morgan fingerprint density at radius 1 is 1.00 bits per heavy atom. The summed E-state index contributed by atoms with van der Waals surface area (Å²) in [4.78, 5) is 0. The summed E-state index contributed by atoms with van der Waals surface area (Å²) < 4.78 is 31.3. The van der Waals surface area contributed by atoms with Crippen molar-refractivity contribution in [1.82, 2.24) is 0 Å². The van der Waals surface area contributed by atoms with E-state index >= 15 is 0 Å². The summed E-state index contributed by atoms with van der Waals surface area (Å²) in [6.45, 7) is 0. The number of rotatable bonds is 2. The maximum atomic E-state index is 13.1. The molecule has 0 atom stereocenters. The van der Waals surface area contributed by atoms with Gasteiger partial charge in [0, 0.05) is 12.1 Å². The van der Waals surface area contributed by atoms with Crippen LogP contribution < -0.4 is 4.74 Å². The Morgan fingerprint density at radius 2 is 1.69 bits per heavy atom. The zero-order valence-electron chi connectivity index (χ0n) is 8.08. The SMILES string of the molecule is Fc1cc(F)c(Cl)c(Oc2ccccc2)c1. The van der Waals surface area contributed by atoms with Crippen LogP contribution in [0.5, 0.6) is 11.5 Å². The molecule has 0 saturated heterocycles. The summed E-state index contributed by atoms with van der Waals surface area (Å²) in [7, 11) is 0. The molecule has 16 heavy (non-hydrogen) atoms. The number of ether oxygens (including phenoxy) is 1. The molecule has 0 fully saturated rings. The quantitative estimate of drug-likeness (QED) is 0.707. The van der Waals surface area contributed by atoms with Crippen LogP contribution in [-0.4, -0.2) is 0 Å². The minimum atomic E-state index is -0.840. The average Bonchev–Trinajstić information content (AvgIpc) is 2.27. The molecule has 2 aromatic carbocycles. The number of halogens is 3. The van der Waals surface area contributed by atoms with Crippen molar-refractivity contribution in [2.75, 3.05) is 0 Å². The van der Waals surface area contributed by atoms with Gasteiger partial charge in [0.1, 0.15) is 22.4 Å². The van der Waals surface area contributed by atoms with Gasteiger partial charge in [0.25, 0.3) is 0 Å². The summed E-state index contributed by atoms with van der Waals surface area (Å²) >= 11 is 5.65. The molecule has 82 valence electrons. The van der Waals surface area contributed by atoms with Crippen LogP contribution in [0, 0.1) is 11.6 Å². The maximum absolute atomic E-state index is 13.1. The van der Waals surface area contributed by atoms with Crippen LogP contribution >= 0.6 is 11.6 Å². The fourth-order valence-corrected chi connectivity index (χ4v) is 1.37. The second kappa shape index (κ2) is 4.49. The van der Waals surface area contributed by atoms with Crippen LogP contribution in [0.15, 0.2) is 42.5 Å². The molecule has 0 aromatic heterocycles. The number of hydrogen-bond acceptors (Lipinski definition) is 1. The summed E-state index contributed by atoms with van der Waals surface area (Å²) in [6.07, 6.45) is 0. The van der Waals surface area contributed by atoms with Crippen LogP contribution in [0.25, 0.3) is 0 Å². The van der Waals surface area contributed by atoms with Gasteiger partial charge in [0.2, 0.25) is 0 Å². The molecule has 0 aliphatic carbocycles. The minimum Gasteiger partial charge on any atom is -0.456 e. The molecule has 2 aromatic rings. The molecule has 0 spiro atoms. The monoisotopic (exact) mass is 240 g/mol. The smallest absolute Gasteiger partial charge is 0.151 e. The predicted molar refractivity (Wildman–Crippen MR) is 57.9 cm³/mol. The predicted octanol–water partition coefficient (Wildman–Crippen LogP) is 4.41. The van der Waals surface area contributed by atoms with Crippen LogP contribution in [0.3, 0.4) is 0 Å². The second-order valence-electron chi connectivity index (χ2n) is 3.11. The Hall–Kier alpha value is -1.61. The average molecular weight is 241 g/mol. The van der Waals surface area contributed by atoms with Gasteiger partial charge in [-0.2, -0.15) is 0 Å². The third kappa shape index (κ3) is 2.31. The third-order valence-electron chi connectivity index (χ3n) is 1.93. The van der Waals surface area contributed by atoms with E-state index in [-0.39, 0.29) is 10.8 Å². The van der Waals surface area contributed by atoms with Gasteiger partial charge in [-0.3, -0.25) is 0 Å². The Morgan fingerprint density at radius 3 is 2.38 bits per heavy atom. The number of para-hydroxylation sites is 1. The molecule has 0 radical (unpaired) electrons. The molecule has 0 N–H and O–H groups in total. The van der Waals surface area contributed by atoms with Gasteiger partial charge < -0.3 is 4.74 Å². The van der Waals surface area contributed by atoms with E-state index in [9.17, 15) is 8.78 Å². The molecule has 1 nitrogen and oxygen atoms in total. The highest BCUT2D eigenvalue weighted by atomic mass is 35.5. The number of hydrogen-bond donors (Lipinski definition) is 0. The van der Waals surface area contributed by atoms with Gasteiger partial charge in [-0.1, -0.05) is 29.8 Å². The highest BCUT2D eigenvalue weighted by Crippen LogP contribution is 2.32. The zero-order chi connectivity index (χ0) is 11.5. The highest BCUT2D eigenvalue weighted by Gasteiger charge is 2.10. The third-order valence-corrected chi connectivity index (χ3v) is 2.30. The van der Waals surface area contributed by atoms with Crippen molar-refractivity contribution in [3.8, 4) is 11.5 Å². The molecular formula is C12H7ClF2O. The van der Waals surface area contributed by atoms with E-state index in [2.05, 4.69) is 0 Å². The van der Waals surface area contributed by atoms with Crippen LogP contribution in [0.2, 0.25) is 5.02 Å².